The highest BCUT2D eigenvalue weighted by molar-refractivity contribution is 5.86. The van der Waals surface area contributed by atoms with Gasteiger partial charge in [-0.25, -0.2) is 9.82 Å². The van der Waals surface area contributed by atoms with E-state index in [9.17, 15) is 14.0 Å². The van der Waals surface area contributed by atoms with E-state index < -0.39 is 11.8 Å². The van der Waals surface area contributed by atoms with Crippen LogP contribution in [0.2, 0.25) is 0 Å². The van der Waals surface area contributed by atoms with E-state index in [-0.39, 0.29) is 19.0 Å². The topological polar surface area (TPSA) is 79.8 Å². The molecule has 0 aliphatic heterocycles. The number of benzene rings is 2. The number of hydrazone groups is 1. The largest absolute Gasteiger partial charge is 0.484 e. The summed E-state index contributed by atoms with van der Waals surface area (Å²) >= 11 is 0. The number of hydrogen-bond acceptors (Lipinski definition) is 4. The second kappa shape index (κ2) is 9.04. The fraction of sp³-hybridized carbons (Fsp3) is 0.118. The normalized spacial score (nSPS) is 10.4. The maximum Gasteiger partial charge on any atom is 0.259 e. The number of nitrogens with one attached hydrogen (secondary N) is 2. The van der Waals surface area contributed by atoms with Crippen LogP contribution in [0.4, 0.5) is 4.39 Å². The van der Waals surface area contributed by atoms with Crippen molar-refractivity contribution in [3.05, 3.63) is 66.0 Å². The molecular weight excluding hydrogens is 313 g/mol. The maximum absolute atomic E-state index is 12.7. The number of para-hydroxylation sites is 1. The fourth-order valence-electron chi connectivity index (χ4n) is 1.66. The minimum Gasteiger partial charge on any atom is -0.484 e. The van der Waals surface area contributed by atoms with E-state index >= 15 is 0 Å². The summed E-state index contributed by atoms with van der Waals surface area (Å²) in [4.78, 5) is 23.1. The van der Waals surface area contributed by atoms with Gasteiger partial charge in [-0.2, -0.15) is 5.10 Å². The molecule has 0 fully saturated rings. The lowest BCUT2D eigenvalue weighted by Gasteiger charge is -2.06. The highest BCUT2D eigenvalue weighted by Gasteiger charge is 2.05. The summed E-state index contributed by atoms with van der Waals surface area (Å²) in [5, 5.41) is 6.12. The highest BCUT2D eigenvalue weighted by Crippen LogP contribution is 2.07. The molecule has 124 valence electrons. The van der Waals surface area contributed by atoms with E-state index in [0.717, 1.165) is 0 Å². The Kier molecular flexibility index (Phi) is 6.46. The van der Waals surface area contributed by atoms with Crippen LogP contribution in [0.25, 0.3) is 0 Å². The molecule has 0 bridgehead atoms. The zero-order valence-corrected chi connectivity index (χ0v) is 12.7. The molecule has 2 aromatic rings. The van der Waals surface area contributed by atoms with Crippen LogP contribution in [0.5, 0.6) is 5.75 Å². The quantitative estimate of drug-likeness (QED) is 0.596. The zero-order chi connectivity index (χ0) is 17.2. The van der Waals surface area contributed by atoms with Crippen LogP contribution in [-0.2, 0) is 9.59 Å². The summed E-state index contributed by atoms with van der Waals surface area (Å²) in [6.07, 6.45) is 1.37. The Bertz CT molecular complexity index is 703. The smallest absolute Gasteiger partial charge is 0.259 e. The van der Waals surface area contributed by atoms with Gasteiger partial charge in [-0.3, -0.25) is 9.59 Å². The Balaban J connectivity index is 1.65. The molecule has 24 heavy (non-hydrogen) atoms. The fourth-order valence-corrected chi connectivity index (χ4v) is 1.66. The van der Waals surface area contributed by atoms with Crippen molar-refractivity contribution in [1.29, 1.82) is 0 Å². The van der Waals surface area contributed by atoms with Crippen molar-refractivity contribution in [2.45, 2.75) is 0 Å². The lowest BCUT2D eigenvalue weighted by molar-refractivity contribution is -0.127. The molecule has 0 radical (unpaired) electrons. The Labute approximate surface area is 138 Å². The summed E-state index contributed by atoms with van der Waals surface area (Å²) in [7, 11) is 0. The number of carbonyl (C=O) groups is 2. The molecule has 0 saturated carbocycles. The Morgan fingerprint density at radius 3 is 2.46 bits per heavy atom. The molecule has 0 heterocycles. The van der Waals surface area contributed by atoms with E-state index in [4.69, 9.17) is 4.74 Å². The van der Waals surface area contributed by atoms with Crippen LogP contribution in [0.1, 0.15) is 5.56 Å². The Morgan fingerprint density at radius 1 is 1.04 bits per heavy atom. The first-order valence-electron chi connectivity index (χ1n) is 7.15. The van der Waals surface area contributed by atoms with Gasteiger partial charge in [0.05, 0.1) is 12.8 Å². The number of halogens is 1. The van der Waals surface area contributed by atoms with Crippen molar-refractivity contribution in [1.82, 2.24) is 10.7 Å². The average molecular weight is 329 g/mol. The van der Waals surface area contributed by atoms with Crippen LogP contribution < -0.4 is 15.5 Å². The first kappa shape index (κ1) is 17.1. The molecule has 0 aliphatic rings. The van der Waals surface area contributed by atoms with E-state index in [1.165, 1.54) is 30.5 Å². The van der Waals surface area contributed by atoms with Crippen molar-refractivity contribution in [2.75, 3.05) is 13.2 Å². The van der Waals surface area contributed by atoms with Crippen molar-refractivity contribution >= 4 is 18.0 Å². The lowest BCUT2D eigenvalue weighted by atomic mass is 10.2. The predicted molar refractivity (Wildman–Crippen MR) is 87.1 cm³/mol. The van der Waals surface area contributed by atoms with E-state index in [0.29, 0.717) is 11.3 Å². The summed E-state index contributed by atoms with van der Waals surface area (Å²) in [6, 6.07) is 14.5. The molecular formula is C17H16FN3O3. The molecule has 0 aromatic heterocycles. The SMILES string of the molecule is O=C(COc1ccccc1)NCC(=O)N/N=C\c1ccc(F)cc1. The molecule has 7 heteroatoms. The van der Waals surface area contributed by atoms with Crippen LogP contribution in [0.15, 0.2) is 59.7 Å². The molecule has 2 rings (SSSR count). The predicted octanol–water partition coefficient (Wildman–Crippen LogP) is 1.47. The van der Waals surface area contributed by atoms with Crippen molar-refractivity contribution in [2.24, 2.45) is 5.10 Å². The molecule has 0 spiro atoms. The van der Waals surface area contributed by atoms with Crippen LogP contribution in [0, 0.1) is 5.82 Å². The summed E-state index contributed by atoms with van der Waals surface area (Å²) in [6.45, 7) is -0.409. The third-order valence-corrected chi connectivity index (χ3v) is 2.83. The molecule has 0 aliphatic carbocycles. The van der Waals surface area contributed by atoms with Gasteiger partial charge < -0.3 is 10.1 Å². The van der Waals surface area contributed by atoms with Gasteiger partial charge in [0.25, 0.3) is 11.8 Å². The molecule has 2 N–H and O–H groups in total. The monoisotopic (exact) mass is 329 g/mol. The van der Waals surface area contributed by atoms with Crippen LogP contribution in [0.3, 0.4) is 0 Å². The van der Waals surface area contributed by atoms with Crippen molar-refractivity contribution in [3.63, 3.8) is 0 Å². The number of carbonyl (C=O) groups excluding carboxylic acids is 2. The third kappa shape index (κ3) is 6.27. The first-order chi connectivity index (χ1) is 11.6. The maximum atomic E-state index is 12.7. The average Bonchev–Trinajstić information content (AvgIpc) is 2.61. The molecule has 0 atom stereocenters. The van der Waals surface area contributed by atoms with E-state index in [2.05, 4.69) is 15.8 Å². The van der Waals surface area contributed by atoms with E-state index in [1.54, 1.807) is 24.3 Å². The van der Waals surface area contributed by atoms with Crippen molar-refractivity contribution < 1.29 is 18.7 Å². The summed E-state index contributed by atoms with van der Waals surface area (Å²) in [5.74, 6) is -0.685. The van der Waals surface area contributed by atoms with Gasteiger partial charge in [0, 0.05) is 0 Å². The van der Waals surface area contributed by atoms with Crippen molar-refractivity contribution in [3.8, 4) is 5.75 Å². The highest BCUT2D eigenvalue weighted by atomic mass is 19.1. The second-order valence-electron chi connectivity index (χ2n) is 4.72. The van der Waals surface area contributed by atoms with Gasteiger partial charge in [-0.1, -0.05) is 30.3 Å². The lowest BCUT2D eigenvalue weighted by Crippen LogP contribution is -2.37. The zero-order valence-electron chi connectivity index (χ0n) is 12.7. The number of hydrogen-bond donors (Lipinski definition) is 2. The van der Waals surface area contributed by atoms with Gasteiger partial charge in [0.2, 0.25) is 0 Å². The van der Waals surface area contributed by atoms with Gasteiger partial charge in [-0.15, -0.1) is 0 Å². The molecule has 6 nitrogen and oxygen atoms in total. The third-order valence-electron chi connectivity index (χ3n) is 2.83. The number of amides is 2. The molecule has 2 amide bonds. The minimum atomic E-state index is -0.485. The van der Waals surface area contributed by atoms with Gasteiger partial charge >= 0.3 is 0 Å². The van der Waals surface area contributed by atoms with Gasteiger partial charge in [0.1, 0.15) is 11.6 Å². The van der Waals surface area contributed by atoms with Gasteiger partial charge in [0.15, 0.2) is 6.61 Å². The van der Waals surface area contributed by atoms with E-state index in [1.807, 2.05) is 6.07 Å². The Hall–Kier alpha value is -3.22. The minimum absolute atomic E-state index is 0.184. The van der Waals surface area contributed by atoms with Gasteiger partial charge in [-0.05, 0) is 29.8 Å². The molecule has 0 saturated heterocycles. The van der Waals surface area contributed by atoms with Crippen LogP contribution >= 0.6 is 0 Å². The number of nitrogens with zero attached hydrogens (tertiary/aromatic N) is 1. The summed E-state index contributed by atoms with van der Waals surface area (Å²) < 4.78 is 18.0. The first-order valence-corrected chi connectivity index (χ1v) is 7.15. The molecule has 2 aromatic carbocycles. The molecule has 0 unspecified atom stereocenters. The second-order valence-corrected chi connectivity index (χ2v) is 4.72. The number of rotatable bonds is 7. The van der Waals surface area contributed by atoms with Crippen LogP contribution in [-0.4, -0.2) is 31.2 Å². The summed E-state index contributed by atoms with van der Waals surface area (Å²) in [5.41, 5.74) is 2.89. The number of ether oxygens (including phenoxy) is 1. The Morgan fingerprint density at radius 2 is 1.75 bits per heavy atom. The standard InChI is InChI=1S/C17H16FN3O3/c18-14-8-6-13(7-9-14)10-20-21-16(22)11-19-17(23)12-24-15-4-2-1-3-5-15/h1-10H,11-12H2,(H,19,23)(H,21,22)/b20-10-.